The van der Waals surface area contributed by atoms with Crippen LogP contribution >= 0.6 is 0 Å². The zero-order valence-electron chi connectivity index (χ0n) is 17.6. The molecule has 0 aromatic carbocycles. The van der Waals surface area contributed by atoms with Crippen molar-refractivity contribution in [2.24, 2.45) is 0 Å². The summed E-state index contributed by atoms with van der Waals surface area (Å²) in [5.41, 5.74) is 0. The van der Waals surface area contributed by atoms with Gasteiger partial charge >= 0.3 is 8.80 Å². The molecule has 6 heteroatoms. The SMILES string of the molecule is CCCCCCCCCC(C)n1ccnc1CCC[Si](OC)(OC)OC. The van der Waals surface area contributed by atoms with Crippen LogP contribution in [0.3, 0.4) is 0 Å². The Labute approximate surface area is 161 Å². The zero-order chi connectivity index (χ0) is 19.3. The molecular weight excluding hydrogens is 344 g/mol. The Morgan fingerprint density at radius 3 is 2.19 bits per heavy atom. The smallest absolute Gasteiger partial charge is 0.377 e. The number of rotatable bonds is 16. The van der Waals surface area contributed by atoms with Crippen molar-refractivity contribution in [3.05, 3.63) is 18.2 Å². The molecular formula is C20H40N2O3Si. The summed E-state index contributed by atoms with van der Waals surface area (Å²) in [7, 11) is 2.54. The summed E-state index contributed by atoms with van der Waals surface area (Å²) < 4.78 is 18.8. The third kappa shape index (κ3) is 7.90. The molecule has 1 aromatic rings. The molecule has 0 saturated carbocycles. The average molecular weight is 385 g/mol. The highest BCUT2D eigenvalue weighted by molar-refractivity contribution is 6.60. The molecule has 1 heterocycles. The van der Waals surface area contributed by atoms with E-state index in [0.717, 1.165) is 24.7 Å². The zero-order valence-corrected chi connectivity index (χ0v) is 18.6. The molecule has 0 aliphatic heterocycles. The first-order valence-corrected chi connectivity index (χ1v) is 12.2. The van der Waals surface area contributed by atoms with Crippen molar-refractivity contribution in [2.75, 3.05) is 21.3 Å². The van der Waals surface area contributed by atoms with Gasteiger partial charge in [-0.15, -0.1) is 0 Å². The molecule has 0 spiro atoms. The van der Waals surface area contributed by atoms with E-state index >= 15 is 0 Å². The van der Waals surface area contributed by atoms with Crippen LogP contribution in [0.4, 0.5) is 0 Å². The Hall–Kier alpha value is -0.693. The van der Waals surface area contributed by atoms with Gasteiger partial charge in [0.25, 0.3) is 0 Å². The number of nitrogens with zero attached hydrogens (tertiary/aromatic N) is 2. The van der Waals surface area contributed by atoms with Crippen molar-refractivity contribution in [2.45, 2.75) is 90.1 Å². The van der Waals surface area contributed by atoms with Gasteiger partial charge in [-0.25, -0.2) is 4.98 Å². The van der Waals surface area contributed by atoms with Crippen LogP contribution in [0.15, 0.2) is 12.4 Å². The molecule has 1 atom stereocenters. The molecule has 1 rings (SSSR count). The maximum atomic E-state index is 5.50. The lowest BCUT2D eigenvalue weighted by Crippen LogP contribution is -2.42. The van der Waals surface area contributed by atoms with Gasteiger partial charge in [0.05, 0.1) is 0 Å². The molecule has 0 aliphatic carbocycles. The lowest BCUT2D eigenvalue weighted by molar-refractivity contribution is 0.123. The molecule has 152 valence electrons. The molecule has 0 saturated heterocycles. The fourth-order valence-corrected chi connectivity index (χ4v) is 5.22. The third-order valence-corrected chi connectivity index (χ3v) is 8.10. The second-order valence-corrected chi connectivity index (χ2v) is 10.2. The highest BCUT2D eigenvalue weighted by Gasteiger charge is 2.37. The number of aromatic nitrogens is 2. The van der Waals surface area contributed by atoms with Gasteiger partial charge in [-0.05, 0) is 19.8 Å². The summed E-state index contributed by atoms with van der Waals surface area (Å²) in [5.74, 6) is 1.16. The van der Waals surface area contributed by atoms with Crippen molar-refractivity contribution < 1.29 is 13.3 Å². The van der Waals surface area contributed by atoms with E-state index < -0.39 is 8.80 Å². The summed E-state index contributed by atoms with van der Waals surface area (Å²) in [5, 5.41) is 0. The van der Waals surface area contributed by atoms with E-state index in [1.165, 1.54) is 51.4 Å². The average Bonchev–Trinajstić information content (AvgIpc) is 3.13. The summed E-state index contributed by atoms with van der Waals surface area (Å²) >= 11 is 0. The standard InChI is InChI=1S/C20H40N2O3Si/c1-6-7-8-9-10-11-12-14-19(2)22-17-16-21-20(22)15-13-18-26(23-3,24-4)25-5/h16-17,19H,6-15,18H2,1-5H3. The van der Waals surface area contributed by atoms with Gasteiger partial charge in [-0.2, -0.15) is 0 Å². The monoisotopic (exact) mass is 384 g/mol. The first-order chi connectivity index (χ1) is 12.6. The second kappa shape index (κ2) is 13.5. The van der Waals surface area contributed by atoms with Crippen molar-refractivity contribution >= 4 is 8.80 Å². The minimum atomic E-state index is -2.47. The fraction of sp³-hybridized carbons (Fsp3) is 0.850. The molecule has 5 nitrogen and oxygen atoms in total. The minimum Gasteiger partial charge on any atom is -0.377 e. The number of hydrogen-bond acceptors (Lipinski definition) is 4. The van der Waals surface area contributed by atoms with Crippen LogP contribution in [0.2, 0.25) is 6.04 Å². The van der Waals surface area contributed by atoms with E-state index in [1.54, 1.807) is 21.3 Å². The topological polar surface area (TPSA) is 45.5 Å². The highest BCUT2D eigenvalue weighted by Crippen LogP contribution is 2.21. The quantitative estimate of drug-likeness (QED) is 0.283. The predicted octanol–water partition coefficient (Wildman–Crippen LogP) is 5.40. The lowest BCUT2D eigenvalue weighted by atomic mass is 10.1. The molecule has 0 fully saturated rings. The van der Waals surface area contributed by atoms with Crippen molar-refractivity contribution in [1.82, 2.24) is 9.55 Å². The summed E-state index contributed by atoms with van der Waals surface area (Å²) in [6.45, 7) is 4.58. The maximum Gasteiger partial charge on any atom is 0.500 e. The Balaban J connectivity index is 2.35. The largest absolute Gasteiger partial charge is 0.500 e. The van der Waals surface area contributed by atoms with Gasteiger partial charge in [0.1, 0.15) is 5.82 Å². The van der Waals surface area contributed by atoms with Crippen LogP contribution in [0, 0.1) is 0 Å². The Morgan fingerprint density at radius 2 is 1.58 bits per heavy atom. The van der Waals surface area contributed by atoms with Gasteiger partial charge in [0.15, 0.2) is 0 Å². The number of imidazole rings is 1. The fourth-order valence-electron chi connectivity index (χ4n) is 3.49. The van der Waals surface area contributed by atoms with E-state index in [-0.39, 0.29) is 0 Å². The van der Waals surface area contributed by atoms with Gasteiger partial charge in [0, 0.05) is 52.2 Å². The molecule has 26 heavy (non-hydrogen) atoms. The predicted molar refractivity (Wildman–Crippen MR) is 109 cm³/mol. The Morgan fingerprint density at radius 1 is 0.962 bits per heavy atom. The van der Waals surface area contributed by atoms with Crippen molar-refractivity contribution in [3.8, 4) is 0 Å². The molecule has 0 radical (unpaired) electrons. The van der Waals surface area contributed by atoms with Gasteiger partial charge in [0.2, 0.25) is 0 Å². The van der Waals surface area contributed by atoms with E-state index in [2.05, 4.69) is 29.6 Å². The number of aryl methyl sites for hydroxylation is 1. The van der Waals surface area contributed by atoms with Crippen LogP contribution in [0.25, 0.3) is 0 Å². The highest BCUT2D eigenvalue weighted by atomic mass is 28.4. The molecule has 0 aliphatic rings. The third-order valence-electron chi connectivity index (χ3n) is 5.27. The van der Waals surface area contributed by atoms with Crippen LogP contribution in [0.1, 0.15) is 83.5 Å². The number of unbranched alkanes of at least 4 members (excludes halogenated alkanes) is 6. The van der Waals surface area contributed by atoms with Gasteiger partial charge < -0.3 is 17.8 Å². The molecule has 0 amide bonds. The van der Waals surface area contributed by atoms with E-state index in [9.17, 15) is 0 Å². The van der Waals surface area contributed by atoms with Crippen LogP contribution in [-0.4, -0.2) is 39.7 Å². The molecule has 0 bridgehead atoms. The number of hydrogen-bond donors (Lipinski definition) is 0. The van der Waals surface area contributed by atoms with Crippen molar-refractivity contribution in [1.29, 1.82) is 0 Å². The molecule has 1 unspecified atom stereocenters. The summed E-state index contributed by atoms with van der Waals surface area (Å²) in [6, 6.07) is 1.33. The van der Waals surface area contributed by atoms with Gasteiger partial charge in [-0.1, -0.05) is 51.9 Å². The first kappa shape index (κ1) is 23.3. The van der Waals surface area contributed by atoms with Crippen molar-refractivity contribution in [3.63, 3.8) is 0 Å². The first-order valence-electron chi connectivity index (χ1n) is 10.3. The van der Waals surface area contributed by atoms with Crippen LogP contribution in [-0.2, 0) is 19.7 Å². The Bertz CT molecular complexity index is 455. The van der Waals surface area contributed by atoms with Crippen LogP contribution in [0.5, 0.6) is 0 Å². The van der Waals surface area contributed by atoms with E-state index in [4.69, 9.17) is 13.3 Å². The minimum absolute atomic E-state index is 0.511. The second-order valence-electron chi connectivity index (χ2n) is 7.16. The normalized spacial score (nSPS) is 13.3. The molecule has 0 N–H and O–H groups in total. The Kier molecular flexibility index (Phi) is 12.1. The lowest BCUT2D eigenvalue weighted by Gasteiger charge is -2.24. The molecule has 1 aromatic heterocycles. The van der Waals surface area contributed by atoms with Crippen LogP contribution < -0.4 is 0 Å². The summed E-state index contributed by atoms with van der Waals surface area (Å²) in [6.07, 6.45) is 16.7. The van der Waals surface area contributed by atoms with E-state index in [1.807, 2.05) is 6.20 Å². The van der Waals surface area contributed by atoms with Gasteiger partial charge in [-0.3, -0.25) is 0 Å². The maximum absolute atomic E-state index is 5.50. The summed E-state index contributed by atoms with van der Waals surface area (Å²) in [4.78, 5) is 4.57. The van der Waals surface area contributed by atoms with E-state index in [0.29, 0.717) is 6.04 Å².